The Kier molecular flexibility index (Phi) is 3.17. The van der Waals surface area contributed by atoms with Gasteiger partial charge in [0, 0.05) is 21.5 Å². The van der Waals surface area contributed by atoms with E-state index < -0.39 is 17.7 Å². The molecule has 0 aliphatic rings. The van der Waals surface area contributed by atoms with Crippen LogP contribution in [0.15, 0.2) is 42.5 Å². The van der Waals surface area contributed by atoms with Crippen molar-refractivity contribution in [2.75, 3.05) is 0 Å². The van der Waals surface area contributed by atoms with Crippen LogP contribution < -0.4 is 0 Å². The van der Waals surface area contributed by atoms with Gasteiger partial charge in [0.2, 0.25) is 0 Å². The van der Waals surface area contributed by atoms with Gasteiger partial charge in [0.15, 0.2) is 0 Å². The van der Waals surface area contributed by atoms with Gasteiger partial charge in [0.05, 0.1) is 0 Å². The van der Waals surface area contributed by atoms with E-state index in [-0.39, 0.29) is 16.5 Å². The van der Waals surface area contributed by atoms with Crippen molar-refractivity contribution in [3.05, 3.63) is 59.0 Å². The largest absolute Gasteiger partial charge is 0.431 e. The van der Waals surface area contributed by atoms with Crippen molar-refractivity contribution in [1.82, 2.24) is 4.98 Å². The SMILES string of the molecule is Fc1ccc2[nH]c(C(F)(F)F)c(-c3ccc(Cl)cc3)c2c1. The Labute approximate surface area is 122 Å². The molecule has 0 saturated carbocycles. The molecular formula is C15H8ClF4N. The van der Waals surface area contributed by atoms with E-state index in [0.717, 1.165) is 12.1 Å². The Hall–Kier alpha value is -2.01. The molecule has 0 spiro atoms. The first-order chi connectivity index (χ1) is 9.86. The fraction of sp³-hybridized carbons (Fsp3) is 0.0667. The number of hydrogen-bond acceptors (Lipinski definition) is 0. The van der Waals surface area contributed by atoms with E-state index in [1.807, 2.05) is 0 Å². The molecule has 0 saturated heterocycles. The summed E-state index contributed by atoms with van der Waals surface area (Å²) >= 11 is 5.76. The fourth-order valence-corrected chi connectivity index (χ4v) is 2.42. The van der Waals surface area contributed by atoms with E-state index >= 15 is 0 Å². The second-order valence-electron chi connectivity index (χ2n) is 4.57. The zero-order valence-electron chi connectivity index (χ0n) is 10.4. The summed E-state index contributed by atoms with van der Waals surface area (Å²) in [6.45, 7) is 0. The van der Waals surface area contributed by atoms with Gasteiger partial charge >= 0.3 is 6.18 Å². The average Bonchev–Trinajstić information content (AvgIpc) is 2.78. The molecule has 1 aromatic heterocycles. The molecule has 0 bridgehead atoms. The van der Waals surface area contributed by atoms with Crippen molar-refractivity contribution in [2.45, 2.75) is 6.18 Å². The maximum Gasteiger partial charge on any atom is 0.431 e. The number of benzene rings is 2. The number of alkyl halides is 3. The van der Waals surface area contributed by atoms with Gasteiger partial charge in [0.25, 0.3) is 0 Å². The van der Waals surface area contributed by atoms with Crippen LogP contribution in [-0.2, 0) is 6.18 Å². The molecule has 0 fully saturated rings. The monoisotopic (exact) mass is 313 g/mol. The van der Waals surface area contributed by atoms with Crippen LogP contribution in [0.5, 0.6) is 0 Å². The summed E-state index contributed by atoms with van der Waals surface area (Å²) < 4.78 is 53.0. The molecule has 108 valence electrons. The minimum absolute atomic E-state index is 0.0753. The number of H-pyrrole nitrogens is 1. The molecule has 0 atom stereocenters. The standard InChI is InChI=1S/C15H8ClF4N/c16-9-3-1-8(2-4-9)13-11-7-10(17)5-6-12(11)21-14(13)15(18,19)20/h1-7,21H. The highest BCUT2D eigenvalue weighted by Gasteiger charge is 2.36. The molecule has 2 aromatic carbocycles. The lowest BCUT2D eigenvalue weighted by Gasteiger charge is -2.08. The summed E-state index contributed by atoms with van der Waals surface area (Å²) in [7, 11) is 0. The topological polar surface area (TPSA) is 15.8 Å². The van der Waals surface area contributed by atoms with Crippen molar-refractivity contribution in [3.63, 3.8) is 0 Å². The minimum Gasteiger partial charge on any atom is -0.350 e. The highest BCUT2D eigenvalue weighted by atomic mass is 35.5. The number of rotatable bonds is 1. The van der Waals surface area contributed by atoms with Crippen LogP contribution in [0.25, 0.3) is 22.0 Å². The molecule has 6 heteroatoms. The quantitative estimate of drug-likeness (QED) is 0.559. The van der Waals surface area contributed by atoms with Crippen molar-refractivity contribution in [2.24, 2.45) is 0 Å². The molecule has 3 rings (SSSR count). The van der Waals surface area contributed by atoms with Crippen molar-refractivity contribution < 1.29 is 17.6 Å². The number of nitrogens with one attached hydrogen (secondary N) is 1. The number of hydrogen-bond donors (Lipinski definition) is 1. The van der Waals surface area contributed by atoms with Crippen LogP contribution in [0, 0.1) is 5.82 Å². The fourth-order valence-electron chi connectivity index (χ4n) is 2.29. The van der Waals surface area contributed by atoms with E-state index in [0.29, 0.717) is 10.6 Å². The minimum atomic E-state index is -4.57. The van der Waals surface area contributed by atoms with Crippen molar-refractivity contribution in [1.29, 1.82) is 0 Å². The molecule has 0 aliphatic heterocycles. The van der Waals surface area contributed by atoms with E-state index in [4.69, 9.17) is 11.6 Å². The molecule has 21 heavy (non-hydrogen) atoms. The molecule has 0 aliphatic carbocycles. The molecule has 0 amide bonds. The summed E-state index contributed by atoms with van der Waals surface area (Å²) in [6, 6.07) is 9.44. The number of halogens is 5. The van der Waals surface area contributed by atoms with E-state index in [2.05, 4.69) is 4.98 Å². The number of aromatic nitrogens is 1. The molecule has 1 nitrogen and oxygen atoms in total. The summed E-state index contributed by atoms with van der Waals surface area (Å²) in [5.41, 5.74) is -0.420. The normalized spacial score (nSPS) is 12.0. The van der Waals surface area contributed by atoms with Gasteiger partial charge in [-0.2, -0.15) is 13.2 Å². The van der Waals surface area contributed by atoms with Crippen LogP contribution in [0.2, 0.25) is 5.02 Å². The van der Waals surface area contributed by atoms with E-state index in [1.54, 1.807) is 0 Å². The van der Waals surface area contributed by atoms with Crippen molar-refractivity contribution in [3.8, 4) is 11.1 Å². The van der Waals surface area contributed by atoms with Crippen LogP contribution in [-0.4, -0.2) is 4.98 Å². The van der Waals surface area contributed by atoms with Gasteiger partial charge in [0.1, 0.15) is 11.5 Å². The summed E-state index contributed by atoms with van der Waals surface area (Å²) in [5, 5.41) is 0.600. The third kappa shape index (κ3) is 2.49. The number of fused-ring (bicyclic) bond motifs is 1. The van der Waals surface area contributed by atoms with Gasteiger partial charge < -0.3 is 4.98 Å². The molecule has 1 N–H and O–H groups in total. The predicted molar refractivity (Wildman–Crippen MR) is 73.7 cm³/mol. The third-order valence-electron chi connectivity index (χ3n) is 3.18. The summed E-state index contributed by atoms with van der Waals surface area (Å²) in [5.74, 6) is -0.592. The first-order valence-corrected chi connectivity index (χ1v) is 6.38. The molecule has 0 radical (unpaired) electrons. The second kappa shape index (κ2) is 4.77. The van der Waals surface area contributed by atoms with Crippen LogP contribution in [0.4, 0.5) is 17.6 Å². The zero-order chi connectivity index (χ0) is 15.2. The Morgan fingerprint density at radius 3 is 2.24 bits per heavy atom. The summed E-state index contributed by atoms with van der Waals surface area (Å²) in [6.07, 6.45) is -4.57. The van der Waals surface area contributed by atoms with Gasteiger partial charge in [-0.05, 0) is 35.9 Å². The molecule has 1 heterocycles. The molecule has 3 aromatic rings. The Morgan fingerprint density at radius 1 is 0.952 bits per heavy atom. The average molecular weight is 314 g/mol. The molecular weight excluding hydrogens is 306 g/mol. The Balaban J connectivity index is 2.36. The van der Waals surface area contributed by atoms with Crippen molar-refractivity contribution >= 4 is 22.5 Å². The second-order valence-corrected chi connectivity index (χ2v) is 5.01. The Bertz CT molecular complexity index is 803. The van der Waals surface area contributed by atoms with Gasteiger partial charge in [-0.3, -0.25) is 0 Å². The predicted octanol–water partition coefficient (Wildman–Crippen LogP) is 5.65. The zero-order valence-corrected chi connectivity index (χ0v) is 11.2. The van der Waals surface area contributed by atoms with E-state index in [1.165, 1.54) is 30.3 Å². The lowest BCUT2D eigenvalue weighted by atomic mass is 10.0. The number of aromatic amines is 1. The highest BCUT2D eigenvalue weighted by molar-refractivity contribution is 6.30. The van der Waals surface area contributed by atoms with E-state index in [9.17, 15) is 17.6 Å². The van der Waals surface area contributed by atoms with Gasteiger partial charge in [-0.15, -0.1) is 0 Å². The van der Waals surface area contributed by atoms with Crippen LogP contribution in [0.3, 0.4) is 0 Å². The molecule has 0 unspecified atom stereocenters. The smallest absolute Gasteiger partial charge is 0.350 e. The van der Waals surface area contributed by atoms with Gasteiger partial charge in [-0.25, -0.2) is 4.39 Å². The maximum absolute atomic E-state index is 13.4. The van der Waals surface area contributed by atoms with Crippen LogP contribution in [0.1, 0.15) is 5.69 Å². The third-order valence-corrected chi connectivity index (χ3v) is 3.43. The maximum atomic E-state index is 13.4. The first kappa shape index (κ1) is 13.9. The Morgan fingerprint density at radius 2 is 1.62 bits per heavy atom. The summed E-state index contributed by atoms with van der Waals surface area (Å²) in [4.78, 5) is 2.32. The van der Waals surface area contributed by atoms with Gasteiger partial charge in [-0.1, -0.05) is 23.7 Å². The van der Waals surface area contributed by atoms with Crippen LogP contribution >= 0.6 is 11.6 Å². The lowest BCUT2D eigenvalue weighted by Crippen LogP contribution is -2.07. The first-order valence-electron chi connectivity index (χ1n) is 6.00. The lowest BCUT2D eigenvalue weighted by molar-refractivity contribution is -0.140. The highest BCUT2D eigenvalue weighted by Crippen LogP contribution is 2.41.